The molecule has 3 heterocycles. The van der Waals surface area contributed by atoms with E-state index < -0.39 is 0 Å². The van der Waals surface area contributed by atoms with Crippen LogP contribution >= 0.6 is 12.4 Å². The molecule has 8 heteroatoms. The fraction of sp³-hybridized carbons (Fsp3) is 0.391. The van der Waals surface area contributed by atoms with Crippen LogP contribution in [0.25, 0.3) is 11.3 Å². The Morgan fingerprint density at radius 2 is 1.65 bits per heavy atom. The Bertz CT molecular complexity index is 1050. The first-order valence-electron chi connectivity index (χ1n) is 10.3. The molecule has 0 radical (unpaired) electrons. The predicted octanol–water partition coefficient (Wildman–Crippen LogP) is 3.44. The number of aromatic nitrogens is 4. The third-order valence-corrected chi connectivity index (χ3v) is 5.96. The van der Waals surface area contributed by atoms with Crippen molar-refractivity contribution in [2.24, 2.45) is 7.05 Å². The van der Waals surface area contributed by atoms with Gasteiger partial charge in [0.15, 0.2) is 11.6 Å². The normalized spacial score (nSPS) is 14.4. The molecule has 0 saturated carbocycles. The van der Waals surface area contributed by atoms with E-state index in [1.807, 2.05) is 36.0 Å². The minimum atomic E-state index is 0. The lowest BCUT2D eigenvalue weighted by Crippen LogP contribution is -2.46. The Balaban J connectivity index is 0.00000272. The van der Waals surface area contributed by atoms with Crippen molar-refractivity contribution in [2.75, 3.05) is 31.1 Å². The number of ketones is 1. The zero-order valence-corrected chi connectivity index (χ0v) is 19.3. The number of rotatable bonds is 5. The summed E-state index contributed by atoms with van der Waals surface area (Å²) in [6.45, 7) is 10.5. The Morgan fingerprint density at radius 3 is 2.23 bits per heavy atom. The smallest absolute Gasteiger partial charge is 0.159 e. The van der Waals surface area contributed by atoms with Crippen LogP contribution in [0.2, 0.25) is 0 Å². The van der Waals surface area contributed by atoms with E-state index in [2.05, 4.69) is 38.7 Å². The van der Waals surface area contributed by atoms with Gasteiger partial charge >= 0.3 is 0 Å². The number of piperazine rings is 1. The van der Waals surface area contributed by atoms with E-state index in [9.17, 15) is 4.79 Å². The number of halogens is 1. The lowest BCUT2D eigenvalue weighted by Gasteiger charge is -2.36. The third kappa shape index (κ3) is 4.78. The van der Waals surface area contributed by atoms with Crippen molar-refractivity contribution >= 4 is 24.0 Å². The first kappa shape index (κ1) is 22.9. The standard InChI is InChI=1S/C23H28N6O.ClH/c1-16-21(17(2)27(4)26-16)15-28-11-13-29(14-12-28)23-22(24-9-10-25-23)20-7-5-19(6-8-20)18(3)30;/h5-10H,11-15H2,1-4H3;1H. The van der Waals surface area contributed by atoms with E-state index in [0.29, 0.717) is 5.56 Å². The van der Waals surface area contributed by atoms with Crippen LogP contribution in [-0.2, 0) is 13.6 Å². The number of hydrogen-bond acceptors (Lipinski definition) is 6. The number of carbonyl (C=O) groups is 1. The molecule has 3 aromatic rings. The summed E-state index contributed by atoms with van der Waals surface area (Å²) in [6, 6.07) is 7.61. The maximum atomic E-state index is 11.6. The van der Waals surface area contributed by atoms with Crippen molar-refractivity contribution in [3.05, 3.63) is 59.2 Å². The molecule has 7 nitrogen and oxygen atoms in total. The number of hydrogen-bond donors (Lipinski definition) is 0. The largest absolute Gasteiger partial charge is 0.352 e. The van der Waals surface area contributed by atoms with Gasteiger partial charge in [0.05, 0.1) is 5.69 Å². The topological polar surface area (TPSA) is 67.2 Å². The van der Waals surface area contributed by atoms with Crippen LogP contribution < -0.4 is 4.90 Å². The van der Waals surface area contributed by atoms with E-state index in [4.69, 9.17) is 0 Å². The summed E-state index contributed by atoms with van der Waals surface area (Å²) in [5.41, 5.74) is 6.23. The van der Waals surface area contributed by atoms with Gasteiger partial charge in [0.1, 0.15) is 5.69 Å². The Labute approximate surface area is 189 Å². The highest BCUT2D eigenvalue weighted by Crippen LogP contribution is 2.28. The number of nitrogens with zero attached hydrogens (tertiary/aromatic N) is 6. The van der Waals surface area contributed by atoms with Gasteiger partial charge in [-0.25, -0.2) is 4.98 Å². The van der Waals surface area contributed by atoms with Crippen LogP contribution in [0.15, 0.2) is 36.7 Å². The van der Waals surface area contributed by atoms with Crippen LogP contribution in [0.3, 0.4) is 0 Å². The van der Waals surface area contributed by atoms with Gasteiger partial charge in [-0.3, -0.25) is 19.4 Å². The molecule has 4 rings (SSSR count). The van der Waals surface area contributed by atoms with Gasteiger partial charge in [-0.05, 0) is 20.8 Å². The van der Waals surface area contributed by atoms with Crippen LogP contribution in [-0.4, -0.2) is 56.6 Å². The summed E-state index contributed by atoms with van der Waals surface area (Å²) in [4.78, 5) is 25.6. The van der Waals surface area contributed by atoms with E-state index in [1.54, 1.807) is 19.3 Å². The molecule has 2 aromatic heterocycles. The van der Waals surface area contributed by atoms with Crippen LogP contribution in [0.1, 0.15) is 34.2 Å². The van der Waals surface area contributed by atoms with Crippen molar-refractivity contribution in [3.63, 3.8) is 0 Å². The molecule has 0 unspecified atom stereocenters. The zero-order chi connectivity index (χ0) is 21.3. The fourth-order valence-corrected chi connectivity index (χ4v) is 4.02. The van der Waals surface area contributed by atoms with Crippen molar-refractivity contribution in [3.8, 4) is 11.3 Å². The van der Waals surface area contributed by atoms with Gasteiger partial charge in [0, 0.05) is 74.5 Å². The van der Waals surface area contributed by atoms with Crippen LogP contribution in [0.5, 0.6) is 0 Å². The fourth-order valence-electron chi connectivity index (χ4n) is 4.02. The molecule has 31 heavy (non-hydrogen) atoms. The second kappa shape index (κ2) is 9.58. The van der Waals surface area contributed by atoms with Crippen molar-refractivity contribution in [1.29, 1.82) is 0 Å². The summed E-state index contributed by atoms with van der Waals surface area (Å²) in [7, 11) is 2.00. The molecule has 1 aromatic carbocycles. The van der Waals surface area contributed by atoms with E-state index in [0.717, 1.165) is 55.5 Å². The van der Waals surface area contributed by atoms with Crippen molar-refractivity contribution in [2.45, 2.75) is 27.3 Å². The molecule has 0 bridgehead atoms. The summed E-state index contributed by atoms with van der Waals surface area (Å²) in [5.74, 6) is 0.970. The first-order chi connectivity index (χ1) is 14.4. The molecule has 1 aliphatic rings. The summed E-state index contributed by atoms with van der Waals surface area (Å²) >= 11 is 0. The van der Waals surface area contributed by atoms with Gasteiger partial charge in [-0.15, -0.1) is 12.4 Å². The number of carbonyl (C=O) groups excluding carboxylic acids is 1. The highest BCUT2D eigenvalue weighted by Gasteiger charge is 2.23. The van der Waals surface area contributed by atoms with Crippen LogP contribution in [0, 0.1) is 13.8 Å². The number of anilines is 1. The van der Waals surface area contributed by atoms with Crippen LogP contribution in [0.4, 0.5) is 5.82 Å². The second-order valence-electron chi connectivity index (χ2n) is 7.90. The molecule has 0 spiro atoms. The number of benzene rings is 1. The Morgan fingerprint density at radius 1 is 1.00 bits per heavy atom. The van der Waals surface area contributed by atoms with Gasteiger partial charge in [0.25, 0.3) is 0 Å². The molecule has 0 atom stereocenters. The molecule has 0 N–H and O–H groups in total. The van der Waals surface area contributed by atoms with Crippen molar-refractivity contribution < 1.29 is 4.79 Å². The molecular formula is C23H29ClN6O. The Hall–Kier alpha value is -2.77. The minimum Gasteiger partial charge on any atom is -0.352 e. The molecule has 1 saturated heterocycles. The molecular weight excluding hydrogens is 412 g/mol. The lowest BCUT2D eigenvalue weighted by molar-refractivity contribution is 0.101. The molecule has 1 aliphatic heterocycles. The number of Topliss-reactive ketones (excluding diaryl/α,β-unsaturated/α-hetero) is 1. The average molecular weight is 441 g/mol. The lowest BCUT2D eigenvalue weighted by atomic mass is 10.1. The minimum absolute atomic E-state index is 0. The van der Waals surface area contributed by atoms with E-state index in [-0.39, 0.29) is 18.2 Å². The quantitative estimate of drug-likeness (QED) is 0.566. The van der Waals surface area contributed by atoms with E-state index >= 15 is 0 Å². The summed E-state index contributed by atoms with van der Waals surface area (Å²) < 4.78 is 1.96. The highest BCUT2D eigenvalue weighted by molar-refractivity contribution is 5.94. The molecule has 0 amide bonds. The summed E-state index contributed by atoms with van der Waals surface area (Å²) in [5, 5.41) is 4.54. The first-order valence-corrected chi connectivity index (χ1v) is 10.3. The van der Waals surface area contributed by atoms with E-state index in [1.165, 1.54) is 11.3 Å². The third-order valence-electron chi connectivity index (χ3n) is 5.96. The maximum absolute atomic E-state index is 11.6. The molecule has 164 valence electrons. The Kier molecular flexibility index (Phi) is 7.08. The molecule has 1 fully saturated rings. The van der Waals surface area contributed by atoms with Crippen molar-refractivity contribution in [1.82, 2.24) is 24.6 Å². The highest BCUT2D eigenvalue weighted by atomic mass is 35.5. The van der Waals surface area contributed by atoms with Gasteiger partial charge in [0.2, 0.25) is 0 Å². The zero-order valence-electron chi connectivity index (χ0n) is 18.5. The number of aryl methyl sites for hydroxylation is 2. The second-order valence-corrected chi connectivity index (χ2v) is 7.90. The van der Waals surface area contributed by atoms with Gasteiger partial charge < -0.3 is 4.90 Å². The van der Waals surface area contributed by atoms with Gasteiger partial charge in [-0.2, -0.15) is 5.10 Å². The maximum Gasteiger partial charge on any atom is 0.159 e. The monoisotopic (exact) mass is 440 g/mol. The average Bonchev–Trinajstić information content (AvgIpc) is 3.00. The summed E-state index contributed by atoms with van der Waals surface area (Å²) in [6.07, 6.45) is 3.47. The SMILES string of the molecule is CC(=O)c1ccc(-c2nccnc2N2CCN(Cc3c(C)nn(C)c3C)CC2)cc1.Cl. The molecule has 0 aliphatic carbocycles. The predicted molar refractivity (Wildman–Crippen MR) is 125 cm³/mol. The van der Waals surface area contributed by atoms with Gasteiger partial charge in [-0.1, -0.05) is 24.3 Å².